The number of aryl methyl sites for hydroxylation is 2. The van der Waals surface area contributed by atoms with Gasteiger partial charge in [-0.25, -0.2) is 4.39 Å². The zero-order valence-corrected chi connectivity index (χ0v) is 15.5. The molecule has 1 atom stereocenters. The topological polar surface area (TPSA) is 27.2 Å². The van der Waals surface area contributed by atoms with Crippen LogP contribution in [0.5, 0.6) is 0 Å². The first-order valence-corrected chi connectivity index (χ1v) is 8.62. The van der Waals surface area contributed by atoms with E-state index in [1.165, 1.54) is 28.2 Å². The average Bonchev–Trinajstić information content (AvgIpc) is 2.91. The SMILES string of the molecule is Cc1ccc(-n2cnn(C[NH+](C)Cc3ccc(F)cc3)c2=S)c(C)c1. The Balaban J connectivity index is 1.77. The fourth-order valence-electron chi connectivity index (χ4n) is 2.95. The van der Waals surface area contributed by atoms with Crippen LogP contribution >= 0.6 is 12.2 Å². The molecule has 0 amide bonds. The summed E-state index contributed by atoms with van der Waals surface area (Å²) in [5.74, 6) is -0.212. The van der Waals surface area contributed by atoms with Crippen LogP contribution in [0.1, 0.15) is 16.7 Å². The van der Waals surface area contributed by atoms with E-state index >= 15 is 0 Å². The summed E-state index contributed by atoms with van der Waals surface area (Å²) in [7, 11) is 2.07. The molecule has 130 valence electrons. The Morgan fingerprint density at radius 3 is 2.52 bits per heavy atom. The Kier molecular flexibility index (Phi) is 5.11. The van der Waals surface area contributed by atoms with Gasteiger partial charge < -0.3 is 4.90 Å². The number of nitrogens with one attached hydrogen (secondary N) is 1. The van der Waals surface area contributed by atoms with Crippen molar-refractivity contribution < 1.29 is 9.29 Å². The molecule has 1 unspecified atom stereocenters. The summed E-state index contributed by atoms with van der Waals surface area (Å²) in [5.41, 5.74) is 4.53. The molecule has 25 heavy (non-hydrogen) atoms. The molecule has 0 aliphatic heterocycles. The number of aromatic nitrogens is 3. The van der Waals surface area contributed by atoms with Gasteiger partial charge in [-0.1, -0.05) is 29.8 Å². The maximum Gasteiger partial charge on any atom is 0.207 e. The fraction of sp³-hybridized carbons (Fsp3) is 0.263. The van der Waals surface area contributed by atoms with Crippen LogP contribution in [0.15, 0.2) is 48.8 Å². The Hall–Kier alpha value is -2.31. The van der Waals surface area contributed by atoms with Gasteiger partial charge in [-0.2, -0.15) is 9.78 Å². The van der Waals surface area contributed by atoms with E-state index in [1.54, 1.807) is 6.33 Å². The molecule has 3 rings (SSSR count). The van der Waals surface area contributed by atoms with E-state index in [9.17, 15) is 4.39 Å². The third kappa shape index (κ3) is 4.03. The van der Waals surface area contributed by atoms with Crippen LogP contribution < -0.4 is 4.90 Å². The molecule has 2 aromatic carbocycles. The molecule has 4 nitrogen and oxygen atoms in total. The minimum atomic E-state index is -0.212. The van der Waals surface area contributed by atoms with Crippen molar-refractivity contribution in [3.8, 4) is 5.69 Å². The molecule has 0 fully saturated rings. The van der Waals surface area contributed by atoms with Crippen molar-refractivity contribution in [2.45, 2.75) is 27.1 Å². The maximum atomic E-state index is 13.0. The van der Waals surface area contributed by atoms with Gasteiger partial charge in [-0.3, -0.25) is 4.57 Å². The molecule has 0 saturated carbocycles. The first-order valence-electron chi connectivity index (χ1n) is 8.22. The predicted octanol–water partition coefficient (Wildman–Crippen LogP) is 2.83. The Bertz CT molecular complexity index is 927. The largest absolute Gasteiger partial charge is 0.315 e. The lowest BCUT2D eigenvalue weighted by Gasteiger charge is -2.14. The van der Waals surface area contributed by atoms with E-state index in [1.807, 2.05) is 21.4 Å². The maximum absolute atomic E-state index is 13.0. The molecule has 6 heteroatoms. The number of quaternary nitrogens is 1. The lowest BCUT2D eigenvalue weighted by atomic mass is 10.1. The Morgan fingerprint density at radius 1 is 1.12 bits per heavy atom. The average molecular weight is 357 g/mol. The van der Waals surface area contributed by atoms with Crippen molar-refractivity contribution in [2.24, 2.45) is 0 Å². The normalized spacial score (nSPS) is 12.3. The van der Waals surface area contributed by atoms with Gasteiger partial charge in [0.05, 0.1) is 12.7 Å². The summed E-state index contributed by atoms with van der Waals surface area (Å²) < 4.78 is 17.4. The molecule has 0 spiro atoms. The van der Waals surface area contributed by atoms with Crippen molar-refractivity contribution >= 4 is 12.2 Å². The second-order valence-corrected chi connectivity index (χ2v) is 6.86. The fourth-order valence-corrected chi connectivity index (χ4v) is 3.21. The van der Waals surface area contributed by atoms with Crippen LogP contribution in [0.3, 0.4) is 0 Å². The van der Waals surface area contributed by atoms with Gasteiger partial charge >= 0.3 is 0 Å². The summed E-state index contributed by atoms with van der Waals surface area (Å²) in [5, 5.41) is 4.45. The third-order valence-electron chi connectivity index (χ3n) is 4.18. The Labute approximate surface area is 152 Å². The lowest BCUT2D eigenvalue weighted by molar-refractivity contribution is -0.917. The highest BCUT2D eigenvalue weighted by Crippen LogP contribution is 2.15. The van der Waals surface area contributed by atoms with Gasteiger partial charge in [0.1, 0.15) is 18.7 Å². The van der Waals surface area contributed by atoms with Crippen molar-refractivity contribution in [3.63, 3.8) is 0 Å². The zero-order chi connectivity index (χ0) is 18.0. The molecule has 0 radical (unpaired) electrons. The van der Waals surface area contributed by atoms with Crippen LogP contribution in [0.4, 0.5) is 4.39 Å². The number of hydrogen-bond donors (Lipinski definition) is 1. The third-order valence-corrected chi connectivity index (χ3v) is 4.59. The highest BCUT2D eigenvalue weighted by Gasteiger charge is 2.11. The van der Waals surface area contributed by atoms with E-state index in [0.717, 1.165) is 17.8 Å². The van der Waals surface area contributed by atoms with Gasteiger partial charge in [0.25, 0.3) is 0 Å². The molecule has 1 heterocycles. The van der Waals surface area contributed by atoms with Gasteiger partial charge in [-0.05, 0) is 49.8 Å². The van der Waals surface area contributed by atoms with Crippen molar-refractivity contribution in [1.29, 1.82) is 0 Å². The number of rotatable bonds is 5. The molecular formula is C19H22FN4S+. The first kappa shape index (κ1) is 17.5. The van der Waals surface area contributed by atoms with Gasteiger partial charge in [0.2, 0.25) is 4.77 Å². The summed E-state index contributed by atoms with van der Waals surface area (Å²) in [6.45, 7) is 5.58. The minimum Gasteiger partial charge on any atom is -0.315 e. The van der Waals surface area contributed by atoms with Crippen LogP contribution in [0, 0.1) is 24.4 Å². The molecule has 3 aromatic rings. The molecule has 1 N–H and O–H groups in total. The first-order chi connectivity index (χ1) is 11.9. The monoisotopic (exact) mass is 357 g/mol. The standard InChI is InChI=1S/C19H21FN4S/c1-14-4-9-18(15(2)10-14)23-12-21-24(19(23)25)13-22(3)11-16-5-7-17(20)8-6-16/h4-10,12H,11,13H2,1-3H3/p+1. The minimum absolute atomic E-state index is 0.212. The van der Waals surface area contributed by atoms with Gasteiger partial charge in [-0.15, -0.1) is 0 Å². The van der Waals surface area contributed by atoms with E-state index in [2.05, 4.69) is 44.2 Å². The molecule has 1 aromatic heterocycles. The molecule has 0 aliphatic carbocycles. The molecule has 0 bridgehead atoms. The van der Waals surface area contributed by atoms with E-state index in [4.69, 9.17) is 12.2 Å². The quantitative estimate of drug-likeness (QED) is 0.711. The number of halogens is 1. The molecule has 0 aliphatic rings. The summed E-state index contributed by atoms with van der Waals surface area (Å²) in [6.07, 6.45) is 1.77. The number of benzene rings is 2. The summed E-state index contributed by atoms with van der Waals surface area (Å²) >= 11 is 5.60. The van der Waals surface area contributed by atoms with Crippen LogP contribution in [0.25, 0.3) is 5.69 Å². The number of nitrogens with zero attached hydrogens (tertiary/aromatic N) is 3. The second kappa shape index (κ2) is 7.29. The Morgan fingerprint density at radius 2 is 1.84 bits per heavy atom. The molecule has 0 saturated heterocycles. The van der Waals surface area contributed by atoms with Crippen LogP contribution in [-0.2, 0) is 13.2 Å². The second-order valence-electron chi connectivity index (χ2n) is 6.49. The zero-order valence-electron chi connectivity index (χ0n) is 14.7. The van der Waals surface area contributed by atoms with Crippen LogP contribution in [0.2, 0.25) is 0 Å². The summed E-state index contributed by atoms with van der Waals surface area (Å²) in [6, 6.07) is 12.9. The van der Waals surface area contributed by atoms with Crippen LogP contribution in [-0.4, -0.2) is 21.4 Å². The smallest absolute Gasteiger partial charge is 0.207 e. The van der Waals surface area contributed by atoms with Crippen molar-refractivity contribution in [3.05, 3.63) is 76.1 Å². The highest BCUT2D eigenvalue weighted by molar-refractivity contribution is 7.71. The lowest BCUT2D eigenvalue weighted by Crippen LogP contribution is -3.07. The summed E-state index contributed by atoms with van der Waals surface area (Å²) in [4.78, 5) is 1.22. The van der Waals surface area contributed by atoms with Gasteiger partial charge in [0, 0.05) is 5.56 Å². The van der Waals surface area contributed by atoms with E-state index in [-0.39, 0.29) is 5.82 Å². The molecular weight excluding hydrogens is 335 g/mol. The predicted molar refractivity (Wildman–Crippen MR) is 98.9 cm³/mol. The van der Waals surface area contributed by atoms with Gasteiger partial charge in [0.15, 0.2) is 6.67 Å². The van der Waals surface area contributed by atoms with E-state index < -0.39 is 0 Å². The number of hydrogen-bond acceptors (Lipinski definition) is 2. The highest BCUT2D eigenvalue weighted by atomic mass is 32.1. The van der Waals surface area contributed by atoms with E-state index in [0.29, 0.717) is 11.4 Å². The van der Waals surface area contributed by atoms with Crippen molar-refractivity contribution in [1.82, 2.24) is 14.3 Å². The van der Waals surface area contributed by atoms with Crippen molar-refractivity contribution in [2.75, 3.05) is 7.05 Å².